The number of hydrogen-bond acceptors (Lipinski definition) is 4. The number of hydrogen-bond donors (Lipinski definition) is 2. The summed E-state index contributed by atoms with van der Waals surface area (Å²) in [6.45, 7) is 1.62. The molecule has 1 rings (SSSR count). The van der Waals surface area contributed by atoms with Gasteiger partial charge in [-0.05, 0) is 0 Å². The molecule has 0 aromatic rings. The molecule has 0 aromatic heterocycles. The molecule has 0 amide bonds. The second-order valence-corrected chi connectivity index (χ2v) is 5.52. The third-order valence-corrected chi connectivity index (χ3v) is 4.62. The van der Waals surface area contributed by atoms with Crippen molar-refractivity contribution in [2.75, 3.05) is 30.3 Å². The van der Waals surface area contributed by atoms with Crippen LogP contribution in [0.4, 0.5) is 0 Å². The Hall–Kier alpha value is -0.130. The van der Waals surface area contributed by atoms with Crippen LogP contribution < -0.4 is 5.32 Å². The minimum absolute atomic E-state index is 0.647. The predicted octanol–water partition coefficient (Wildman–Crippen LogP) is 1.07. The number of thioether (sulfide) groups is 2. The van der Waals surface area contributed by atoms with E-state index in [0.717, 1.165) is 6.54 Å². The van der Waals surface area contributed by atoms with Crippen molar-refractivity contribution < 1.29 is 9.90 Å². The molecule has 0 aliphatic carbocycles. The summed E-state index contributed by atoms with van der Waals surface area (Å²) in [6.07, 6.45) is 2.82. The Balaban J connectivity index is 2.00. The molecule has 0 aromatic carbocycles. The van der Waals surface area contributed by atoms with Gasteiger partial charge < -0.3 is 10.4 Å². The number of carboxylic acid groups (broad SMARTS) is 1. The fraction of sp³-hybridized carbons (Fsp3) is 0.667. The Labute approximate surface area is 92.7 Å². The first-order chi connectivity index (χ1) is 6.79. The van der Waals surface area contributed by atoms with Gasteiger partial charge in [-0.15, -0.1) is 0 Å². The molecule has 1 atom stereocenters. The average Bonchev–Trinajstić information content (AvgIpc) is 2.18. The van der Waals surface area contributed by atoms with Gasteiger partial charge in [0.15, 0.2) is 0 Å². The summed E-state index contributed by atoms with van der Waals surface area (Å²) in [5.74, 6) is 2.83. The number of carboxylic acids is 1. The van der Waals surface area contributed by atoms with Gasteiger partial charge in [0.05, 0.1) is 0 Å². The topological polar surface area (TPSA) is 49.3 Å². The average molecular weight is 233 g/mol. The van der Waals surface area contributed by atoms with Crippen LogP contribution in [0.15, 0.2) is 12.2 Å². The molecule has 80 valence electrons. The van der Waals surface area contributed by atoms with E-state index in [-0.39, 0.29) is 0 Å². The van der Waals surface area contributed by atoms with Crippen LogP contribution in [0.2, 0.25) is 0 Å². The van der Waals surface area contributed by atoms with Crippen LogP contribution in [0.3, 0.4) is 0 Å². The number of aliphatic carboxylic acids is 1. The summed E-state index contributed by atoms with van der Waals surface area (Å²) in [5.41, 5.74) is 0. The Morgan fingerprint density at radius 1 is 1.57 bits per heavy atom. The molecule has 1 unspecified atom stereocenters. The van der Waals surface area contributed by atoms with Crippen molar-refractivity contribution in [2.45, 2.75) is 5.25 Å². The molecule has 2 N–H and O–H groups in total. The maximum absolute atomic E-state index is 10.1. The molecule has 1 heterocycles. The summed E-state index contributed by atoms with van der Waals surface area (Å²) in [4.78, 5) is 10.1. The van der Waals surface area contributed by atoms with Crippen LogP contribution in [0.1, 0.15) is 0 Å². The third-order valence-electron chi connectivity index (χ3n) is 1.78. The van der Waals surface area contributed by atoms with Crippen LogP contribution in [0.5, 0.6) is 0 Å². The van der Waals surface area contributed by atoms with Gasteiger partial charge >= 0.3 is 5.97 Å². The predicted molar refractivity (Wildman–Crippen MR) is 63.2 cm³/mol. The van der Waals surface area contributed by atoms with Crippen molar-refractivity contribution in [2.24, 2.45) is 0 Å². The third kappa shape index (κ3) is 5.57. The highest BCUT2D eigenvalue weighted by atomic mass is 32.2. The summed E-state index contributed by atoms with van der Waals surface area (Å²) in [7, 11) is 0. The molecule has 1 fully saturated rings. The molecule has 0 bridgehead atoms. The molecule has 0 saturated carbocycles. The summed E-state index contributed by atoms with van der Waals surface area (Å²) in [6, 6.07) is 0. The SMILES string of the molecule is O=C(O)/C=C/CNCC1CSCCS1. The second kappa shape index (κ2) is 7.20. The fourth-order valence-electron chi connectivity index (χ4n) is 1.14. The second-order valence-electron chi connectivity index (χ2n) is 2.97. The van der Waals surface area contributed by atoms with Gasteiger partial charge in [-0.3, -0.25) is 0 Å². The van der Waals surface area contributed by atoms with E-state index < -0.39 is 5.97 Å². The largest absolute Gasteiger partial charge is 0.478 e. The smallest absolute Gasteiger partial charge is 0.328 e. The van der Waals surface area contributed by atoms with E-state index in [9.17, 15) is 4.79 Å². The van der Waals surface area contributed by atoms with Crippen molar-refractivity contribution in [3.63, 3.8) is 0 Å². The highest BCUT2D eigenvalue weighted by Crippen LogP contribution is 2.23. The van der Waals surface area contributed by atoms with Gasteiger partial charge in [0.1, 0.15) is 0 Å². The van der Waals surface area contributed by atoms with E-state index in [4.69, 9.17) is 5.11 Å². The zero-order valence-corrected chi connectivity index (χ0v) is 9.57. The van der Waals surface area contributed by atoms with Crippen molar-refractivity contribution in [1.29, 1.82) is 0 Å². The zero-order chi connectivity index (χ0) is 10.2. The molecule has 1 saturated heterocycles. The lowest BCUT2D eigenvalue weighted by atomic mass is 10.4. The summed E-state index contributed by atoms with van der Waals surface area (Å²) in [5, 5.41) is 12.3. The Morgan fingerprint density at radius 3 is 3.07 bits per heavy atom. The maximum Gasteiger partial charge on any atom is 0.328 e. The van der Waals surface area contributed by atoms with Crippen LogP contribution in [0, 0.1) is 0 Å². The minimum atomic E-state index is -0.880. The first kappa shape index (κ1) is 11.9. The highest BCUT2D eigenvalue weighted by Gasteiger charge is 2.12. The monoisotopic (exact) mass is 233 g/mol. The molecule has 14 heavy (non-hydrogen) atoms. The van der Waals surface area contributed by atoms with Gasteiger partial charge in [0.2, 0.25) is 0 Å². The van der Waals surface area contributed by atoms with E-state index in [2.05, 4.69) is 5.32 Å². The first-order valence-electron chi connectivity index (χ1n) is 4.58. The van der Waals surface area contributed by atoms with E-state index in [1.54, 1.807) is 6.08 Å². The Morgan fingerprint density at radius 2 is 2.43 bits per heavy atom. The lowest BCUT2D eigenvalue weighted by Gasteiger charge is -2.20. The van der Waals surface area contributed by atoms with E-state index in [1.165, 1.54) is 23.3 Å². The van der Waals surface area contributed by atoms with E-state index in [1.807, 2.05) is 23.5 Å². The van der Waals surface area contributed by atoms with Crippen LogP contribution in [-0.2, 0) is 4.79 Å². The summed E-state index contributed by atoms with van der Waals surface area (Å²) < 4.78 is 0. The standard InChI is InChI=1S/C9H15NO2S2/c11-9(12)2-1-3-10-6-8-7-13-4-5-14-8/h1-2,8,10H,3-7H2,(H,11,12)/b2-1+. The maximum atomic E-state index is 10.1. The Kier molecular flexibility index (Phi) is 6.14. The van der Waals surface area contributed by atoms with Gasteiger partial charge in [-0.2, -0.15) is 23.5 Å². The van der Waals surface area contributed by atoms with Crippen LogP contribution in [-0.4, -0.2) is 46.7 Å². The highest BCUT2D eigenvalue weighted by molar-refractivity contribution is 8.06. The van der Waals surface area contributed by atoms with Crippen molar-refractivity contribution in [3.8, 4) is 0 Å². The number of nitrogens with one attached hydrogen (secondary N) is 1. The number of carbonyl (C=O) groups is 1. The molecule has 1 aliphatic heterocycles. The molecule has 0 radical (unpaired) electrons. The number of rotatable bonds is 5. The van der Waals surface area contributed by atoms with Crippen molar-refractivity contribution in [3.05, 3.63) is 12.2 Å². The normalized spacial score (nSPS) is 22.7. The van der Waals surface area contributed by atoms with Crippen molar-refractivity contribution >= 4 is 29.5 Å². The van der Waals surface area contributed by atoms with Crippen LogP contribution in [0.25, 0.3) is 0 Å². The fourth-order valence-corrected chi connectivity index (χ4v) is 3.79. The van der Waals surface area contributed by atoms with Gasteiger partial charge in [0.25, 0.3) is 0 Å². The van der Waals surface area contributed by atoms with E-state index >= 15 is 0 Å². The first-order valence-corrected chi connectivity index (χ1v) is 6.79. The molecule has 1 aliphatic rings. The van der Waals surface area contributed by atoms with Gasteiger partial charge in [0, 0.05) is 41.7 Å². The Bertz CT molecular complexity index is 203. The zero-order valence-electron chi connectivity index (χ0n) is 7.94. The van der Waals surface area contributed by atoms with Crippen LogP contribution >= 0.6 is 23.5 Å². The summed E-state index contributed by atoms with van der Waals surface area (Å²) >= 11 is 4.00. The van der Waals surface area contributed by atoms with Gasteiger partial charge in [-0.25, -0.2) is 4.79 Å². The molecular weight excluding hydrogens is 218 g/mol. The lowest BCUT2D eigenvalue weighted by Crippen LogP contribution is -2.29. The minimum Gasteiger partial charge on any atom is -0.478 e. The van der Waals surface area contributed by atoms with Crippen molar-refractivity contribution in [1.82, 2.24) is 5.32 Å². The molecule has 3 nitrogen and oxygen atoms in total. The molecule has 5 heteroatoms. The quantitative estimate of drug-likeness (QED) is 0.549. The van der Waals surface area contributed by atoms with E-state index in [0.29, 0.717) is 11.8 Å². The van der Waals surface area contributed by atoms with Gasteiger partial charge in [-0.1, -0.05) is 6.08 Å². The molecular formula is C9H15NO2S2. The lowest BCUT2D eigenvalue weighted by molar-refractivity contribution is -0.131. The molecule has 0 spiro atoms.